The summed E-state index contributed by atoms with van der Waals surface area (Å²) in [5.41, 5.74) is -0.631. The Kier molecular flexibility index (Phi) is 5.25. The van der Waals surface area contributed by atoms with E-state index in [0.29, 0.717) is 45.6 Å². The lowest BCUT2D eigenvalue weighted by molar-refractivity contribution is -0.154. The number of morpholine rings is 1. The van der Waals surface area contributed by atoms with Gasteiger partial charge in [-0.15, -0.1) is 0 Å². The molecule has 0 radical (unpaired) electrons. The van der Waals surface area contributed by atoms with Gasteiger partial charge >= 0.3 is 12.1 Å². The van der Waals surface area contributed by atoms with Gasteiger partial charge in [0.25, 0.3) is 0 Å². The number of nitrogens with zero attached hydrogens (tertiary/aromatic N) is 2. The Bertz CT molecular complexity index is 581. The zero-order chi connectivity index (χ0) is 19.1. The van der Waals surface area contributed by atoms with Gasteiger partial charge in [-0.3, -0.25) is 19.4 Å². The van der Waals surface area contributed by atoms with Crippen LogP contribution >= 0.6 is 0 Å². The molecule has 0 aromatic heterocycles. The average molecular weight is 368 g/mol. The Morgan fingerprint density at radius 3 is 2.46 bits per heavy atom. The SMILES string of the molecule is CC(C)(C)OC(=O)N1C2CCC1C(=O)C(C(C(=O)O)N1CCOCC1)C2. The zero-order valence-corrected chi connectivity index (χ0v) is 15.6. The Hall–Kier alpha value is -1.67. The lowest BCUT2D eigenvalue weighted by Gasteiger charge is -2.43. The van der Waals surface area contributed by atoms with Gasteiger partial charge in [0.05, 0.1) is 19.3 Å². The summed E-state index contributed by atoms with van der Waals surface area (Å²) in [7, 11) is 0. The molecule has 3 fully saturated rings. The number of ketones is 1. The number of hydrogen-bond acceptors (Lipinski definition) is 6. The van der Waals surface area contributed by atoms with Crippen LogP contribution in [0.2, 0.25) is 0 Å². The quantitative estimate of drug-likeness (QED) is 0.797. The number of rotatable bonds is 3. The number of carbonyl (C=O) groups excluding carboxylic acids is 2. The number of ether oxygens (including phenoxy) is 2. The highest BCUT2D eigenvalue weighted by atomic mass is 16.6. The van der Waals surface area contributed by atoms with Crippen LogP contribution in [0.4, 0.5) is 4.79 Å². The first-order valence-electron chi connectivity index (χ1n) is 9.28. The number of carbonyl (C=O) groups is 3. The van der Waals surface area contributed by atoms with E-state index in [0.717, 1.165) is 0 Å². The number of carboxylic acid groups (broad SMARTS) is 1. The third kappa shape index (κ3) is 3.71. The van der Waals surface area contributed by atoms with Gasteiger partial charge < -0.3 is 14.6 Å². The number of piperidine rings is 1. The predicted molar refractivity (Wildman–Crippen MR) is 91.8 cm³/mol. The predicted octanol–water partition coefficient (Wildman–Crippen LogP) is 1.13. The highest BCUT2D eigenvalue weighted by molar-refractivity contribution is 5.95. The molecule has 0 aromatic carbocycles. The van der Waals surface area contributed by atoms with Crippen molar-refractivity contribution in [3.05, 3.63) is 0 Å². The molecule has 4 unspecified atom stereocenters. The smallest absolute Gasteiger partial charge is 0.411 e. The number of hydrogen-bond donors (Lipinski definition) is 1. The summed E-state index contributed by atoms with van der Waals surface area (Å²) in [6, 6.07) is -1.56. The molecule has 3 aliphatic heterocycles. The largest absolute Gasteiger partial charge is 0.480 e. The first kappa shape index (κ1) is 19.1. The van der Waals surface area contributed by atoms with Crippen molar-refractivity contribution in [3.8, 4) is 0 Å². The van der Waals surface area contributed by atoms with Crippen molar-refractivity contribution < 1.29 is 29.0 Å². The second-order valence-corrected chi connectivity index (χ2v) is 8.31. The molecule has 8 heteroatoms. The highest BCUT2D eigenvalue weighted by Gasteiger charge is 2.53. The molecule has 2 bridgehead atoms. The molecular formula is C18H28N2O6. The van der Waals surface area contributed by atoms with E-state index in [1.165, 1.54) is 0 Å². The molecule has 3 heterocycles. The fourth-order valence-corrected chi connectivity index (χ4v) is 4.36. The molecule has 0 aliphatic carbocycles. The fourth-order valence-electron chi connectivity index (χ4n) is 4.36. The second kappa shape index (κ2) is 7.15. The molecule has 3 rings (SSSR count). The molecule has 1 N–H and O–H groups in total. The van der Waals surface area contributed by atoms with E-state index in [1.807, 2.05) is 4.90 Å². The van der Waals surface area contributed by atoms with Crippen LogP contribution in [0.15, 0.2) is 0 Å². The summed E-state index contributed by atoms with van der Waals surface area (Å²) < 4.78 is 10.8. The summed E-state index contributed by atoms with van der Waals surface area (Å²) in [6.45, 7) is 7.33. The molecular weight excluding hydrogens is 340 g/mol. The Labute approximate surface area is 153 Å². The van der Waals surface area contributed by atoms with E-state index < -0.39 is 35.7 Å². The van der Waals surface area contributed by atoms with Gasteiger partial charge in [-0.1, -0.05) is 0 Å². The van der Waals surface area contributed by atoms with Crippen molar-refractivity contribution in [2.45, 2.75) is 63.8 Å². The van der Waals surface area contributed by atoms with Crippen LogP contribution in [-0.4, -0.2) is 82.8 Å². The Morgan fingerprint density at radius 2 is 1.88 bits per heavy atom. The molecule has 26 heavy (non-hydrogen) atoms. The third-order valence-corrected chi connectivity index (χ3v) is 5.40. The van der Waals surface area contributed by atoms with Crippen molar-refractivity contribution in [2.24, 2.45) is 5.92 Å². The normalized spacial score (nSPS) is 31.0. The summed E-state index contributed by atoms with van der Waals surface area (Å²) in [5, 5.41) is 9.78. The standard InChI is InChI=1S/C18H28N2O6/c1-18(2,3)26-17(24)20-11-4-5-13(20)15(21)12(10-11)14(16(22)23)19-6-8-25-9-7-19/h11-14H,4-10H2,1-3H3,(H,22,23). The number of fused-ring (bicyclic) bond motifs is 2. The summed E-state index contributed by atoms with van der Waals surface area (Å²) in [6.07, 6.45) is 1.19. The number of amides is 1. The van der Waals surface area contributed by atoms with Crippen LogP contribution in [-0.2, 0) is 19.1 Å². The minimum atomic E-state index is -0.977. The molecule has 0 spiro atoms. The van der Waals surface area contributed by atoms with E-state index in [-0.39, 0.29) is 11.8 Å². The third-order valence-electron chi connectivity index (χ3n) is 5.40. The van der Waals surface area contributed by atoms with Crippen LogP contribution in [0, 0.1) is 5.92 Å². The number of carboxylic acids is 1. The zero-order valence-electron chi connectivity index (χ0n) is 15.6. The monoisotopic (exact) mass is 368 g/mol. The van der Waals surface area contributed by atoms with Gasteiger partial charge in [0.1, 0.15) is 11.6 Å². The van der Waals surface area contributed by atoms with Crippen LogP contribution in [0.25, 0.3) is 0 Å². The number of aliphatic carboxylic acids is 1. The molecule has 8 nitrogen and oxygen atoms in total. The molecule has 1 amide bonds. The van der Waals surface area contributed by atoms with Gasteiger partial charge in [0.2, 0.25) is 0 Å². The van der Waals surface area contributed by atoms with E-state index in [4.69, 9.17) is 9.47 Å². The number of Topliss-reactive ketones (excluding diaryl/α,β-unsaturated/α-hetero) is 1. The average Bonchev–Trinajstić information content (AvgIpc) is 2.89. The maximum absolute atomic E-state index is 13.1. The Balaban J connectivity index is 1.78. The molecule has 0 saturated carbocycles. The van der Waals surface area contributed by atoms with Gasteiger partial charge in [0.15, 0.2) is 5.78 Å². The van der Waals surface area contributed by atoms with Crippen molar-refractivity contribution in [3.63, 3.8) is 0 Å². The van der Waals surface area contributed by atoms with Gasteiger partial charge in [-0.25, -0.2) is 4.79 Å². The Morgan fingerprint density at radius 1 is 1.23 bits per heavy atom. The molecule has 4 atom stereocenters. The van der Waals surface area contributed by atoms with Crippen LogP contribution in [0.3, 0.4) is 0 Å². The summed E-state index contributed by atoms with van der Waals surface area (Å²) in [5.74, 6) is -1.72. The van der Waals surface area contributed by atoms with Crippen molar-refractivity contribution in [2.75, 3.05) is 26.3 Å². The topological polar surface area (TPSA) is 96.4 Å². The second-order valence-electron chi connectivity index (χ2n) is 8.31. The minimum absolute atomic E-state index is 0.138. The van der Waals surface area contributed by atoms with Gasteiger partial charge in [-0.05, 0) is 40.0 Å². The first-order chi connectivity index (χ1) is 12.2. The lowest BCUT2D eigenvalue weighted by Crippen LogP contribution is -2.60. The van der Waals surface area contributed by atoms with E-state index in [1.54, 1.807) is 25.7 Å². The lowest BCUT2D eigenvalue weighted by atomic mass is 9.83. The highest BCUT2D eigenvalue weighted by Crippen LogP contribution is 2.39. The molecule has 3 saturated heterocycles. The fraction of sp³-hybridized carbons (Fsp3) is 0.833. The van der Waals surface area contributed by atoms with E-state index in [9.17, 15) is 19.5 Å². The first-order valence-corrected chi connectivity index (χ1v) is 9.28. The summed E-state index contributed by atoms with van der Waals surface area (Å²) >= 11 is 0. The molecule has 146 valence electrons. The summed E-state index contributed by atoms with van der Waals surface area (Å²) in [4.78, 5) is 40.9. The van der Waals surface area contributed by atoms with Gasteiger partial charge in [-0.2, -0.15) is 0 Å². The molecule has 0 aromatic rings. The van der Waals surface area contributed by atoms with Crippen LogP contribution < -0.4 is 0 Å². The van der Waals surface area contributed by atoms with Gasteiger partial charge in [0, 0.05) is 25.0 Å². The molecule has 3 aliphatic rings. The minimum Gasteiger partial charge on any atom is -0.480 e. The van der Waals surface area contributed by atoms with E-state index in [2.05, 4.69) is 0 Å². The van der Waals surface area contributed by atoms with E-state index >= 15 is 0 Å². The van der Waals surface area contributed by atoms with Crippen LogP contribution in [0.5, 0.6) is 0 Å². The van der Waals surface area contributed by atoms with Crippen molar-refractivity contribution in [1.82, 2.24) is 9.80 Å². The van der Waals surface area contributed by atoms with Crippen molar-refractivity contribution >= 4 is 17.8 Å². The maximum atomic E-state index is 13.1. The maximum Gasteiger partial charge on any atom is 0.411 e. The van der Waals surface area contributed by atoms with Crippen LogP contribution in [0.1, 0.15) is 40.0 Å². The van der Waals surface area contributed by atoms with Crippen molar-refractivity contribution in [1.29, 1.82) is 0 Å².